The first kappa shape index (κ1) is 27.0. The van der Waals surface area contributed by atoms with E-state index in [4.69, 9.17) is 0 Å². The van der Waals surface area contributed by atoms with E-state index >= 15 is 0 Å². The number of aryl methyl sites for hydroxylation is 1. The number of nitrogens with one attached hydrogen (secondary N) is 1. The summed E-state index contributed by atoms with van der Waals surface area (Å²) in [5, 5.41) is 3.11. The zero-order valence-corrected chi connectivity index (χ0v) is 21.4. The van der Waals surface area contributed by atoms with Crippen molar-refractivity contribution in [2.24, 2.45) is 0 Å². The van der Waals surface area contributed by atoms with Gasteiger partial charge in [-0.05, 0) is 61.9 Å². The molecule has 2 atom stereocenters. The van der Waals surface area contributed by atoms with Crippen LogP contribution < -0.4 is 10.2 Å². The lowest BCUT2D eigenvalue weighted by Gasteiger charge is -2.31. The Morgan fingerprint density at radius 3 is 2.34 bits per heavy atom. The van der Waals surface area contributed by atoms with E-state index in [-0.39, 0.29) is 11.9 Å². The largest absolute Gasteiger partial charge is 0.351 e. The highest BCUT2D eigenvalue weighted by atomic mass is 32.2. The Morgan fingerprint density at radius 2 is 1.77 bits per heavy atom. The first-order valence-electron chi connectivity index (χ1n) is 12.3. The summed E-state index contributed by atoms with van der Waals surface area (Å²) in [6.45, 7) is 3.97. The van der Waals surface area contributed by atoms with Gasteiger partial charge in [-0.3, -0.25) is 14.5 Å². The Labute approximate surface area is 210 Å². The van der Waals surface area contributed by atoms with Crippen LogP contribution in [0.3, 0.4) is 0 Å². The van der Waals surface area contributed by atoms with E-state index in [2.05, 4.69) is 5.32 Å². The standard InChI is InChI=1S/C22H25FN2O2.C5H11NOS/c1-16-8-5-6-13-20(16)21(22(27)24-18-10-3-2-4-11-18)25(15-26)19-12-7-9-17(23)14-19;1-8(7)6-4-2-3-5-6/h5-9,12-15,18,21H,2-4,10-11H2,1H3,(H,24,27);2-5H2,1H3. The van der Waals surface area contributed by atoms with Crippen LogP contribution in [-0.4, -0.2) is 46.2 Å². The summed E-state index contributed by atoms with van der Waals surface area (Å²) in [5.41, 5.74) is 2.00. The summed E-state index contributed by atoms with van der Waals surface area (Å²) in [6, 6.07) is 12.5. The van der Waals surface area contributed by atoms with Crippen molar-refractivity contribution < 1.29 is 18.2 Å². The molecule has 1 aliphatic heterocycles. The number of anilines is 1. The van der Waals surface area contributed by atoms with Crippen LogP contribution >= 0.6 is 0 Å². The lowest BCUT2D eigenvalue weighted by Crippen LogP contribution is -2.45. The molecule has 0 spiro atoms. The molecule has 2 aromatic rings. The molecular formula is C27H36FN3O3S. The third-order valence-electron chi connectivity index (χ3n) is 6.61. The van der Waals surface area contributed by atoms with Crippen molar-refractivity contribution in [2.75, 3.05) is 24.2 Å². The first-order valence-corrected chi connectivity index (χ1v) is 13.9. The van der Waals surface area contributed by atoms with Gasteiger partial charge in [0.05, 0.1) is 11.0 Å². The van der Waals surface area contributed by atoms with Gasteiger partial charge in [0.25, 0.3) is 0 Å². The van der Waals surface area contributed by atoms with E-state index in [1.165, 1.54) is 42.4 Å². The molecule has 2 unspecified atom stereocenters. The third-order valence-corrected chi connectivity index (χ3v) is 7.70. The van der Waals surface area contributed by atoms with Gasteiger partial charge in [-0.25, -0.2) is 12.9 Å². The summed E-state index contributed by atoms with van der Waals surface area (Å²) in [5.74, 6) is -0.678. The minimum absolute atomic E-state index is 0.124. The molecule has 6 nitrogen and oxygen atoms in total. The molecule has 0 bridgehead atoms. The van der Waals surface area contributed by atoms with Crippen LogP contribution in [-0.2, 0) is 20.6 Å². The Hall–Kier alpha value is -2.58. The third kappa shape index (κ3) is 7.70. The highest BCUT2D eigenvalue weighted by Crippen LogP contribution is 2.29. The second-order valence-corrected chi connectivity index (χ2v) is 10.5. The molecule has 0 radical (unpaired) electrons. The number of hydrogen-bond donors (Lipinski definition) is 1. The molecule has 1 saturated heterocycles. The lowest BCUT2D eigenvalue weighted by atomic mass is 9.94. The van der Waals surface area contributed by atoms with Gasteiger partial charge in [-0.15, -0.1) is 0 Å². The number of carbonyl (C=O) groups excluding carboxylic acids is 2. The molecular weight excluding hydrogens is 465 g/mol. The van der Waals surface area contributed by atoms with Crippen LogP contribution in [0, 0.1) is 12.7 Å². The molecule has 2 fully saturated rings. The molecule has 190 valence electrons. The monoisotopic (exact) mass is 501 g/mol. The average molecular weight is 502 g/mol. The summed E-state index contributed by atoms with van der Waals surface area (Å²) in [4.78, 5) is 26.5. The van der Waals surface area contributed by atoms with E-state index in [0.29, 0.717) is 12.1 Å². The minimum atomic E-state index is -0.840. The summed E-state index contributed by atoms with van der Waals surface area (Å²) in [6.07, 6.45) is 10.1. The quantitative estimate of drug-likeness (QED) is 0.561. The van der Waals surface area contributed by atoms with Gasteiger partial charge in [0.15, 0.2) is 0 Å². The molecule has 1 aliphatic carbocycles. The smallest absolute Gasteiger partial charge is 0.248 e. The number of halogens is 1. The second kappa shape index (κ2) is 13.5. The van der Waals surface area contributed by atoms with Crippen LogP contribution in [0.4, 0.5) is 10.1 Å². The fraction of sp³-hybridized carbons (Fsp3) is 0.481. The van der Waals surface area contributed by atoms with Gasteiger partial charge in [0.1, 0.15) is 11.9 Å². The van der Waals surface area contributed by atoms with Crippen molar-refractivity contribution in [3.63, 3.8) is 0 Å². The van der Waals surface area contributed by atoms with Crippen LogP contribution in [0.1, 0.15) is 62.1 Å². The normalized spacial score (nSPS) is 18.1. The van der Waals surface area contributed by atoms with Crippen molar-refractivity contribution in [2.45, 2.75) is 64.0 Å². The lowest BCUT2D eigenvalue weighted by molar-refractivity contribution is -0.125. The molecule has 1 heterocycles. The highest BCUT2D eigenvalue weighted by Gasteiger charge is 2.31. The Balaban J connectivity index is 0.000000363. The fourth-order valence-corrected chi connectivity index (χ4v) is 5.46. The van der Waals surface area contributed by atoms with Crippen LogP contribution in [0.25, 0.3) is 0 Å². The number of benzene rings is 2. The summed E-state index contributed by atoms with van der Waals surface area (Å²) < 4.78 is 26.4. The SMILES string of the molecule is CS(=O)N1CCCC1.Cc1ccccc1C(C(=O)NC1CCCCC1)N(C=O)c1cccc(F)c1. The van der Waals surface area contributed by atoms with Gasteiger partial charge in [-0.2, -0.15) is 0 Å². The van der Waals surface area contributed by atoms with Crippen LogP contribution in [0.5, 0.6) is 0 Å². The number of amides is 2. The zero-order chi connectivity index (χ0) is 25.2. The topological polar surface area (TPSA) is 69.7 Å². The Kier molecular flexibility index (Phi) is 10.4. The minimum Gasteiger partial charge on any atom is -0.351 e. The summed E-state index contributed by atoms with van der Waals surface area (Å²) in [7, 11) is -0.708. The molecule has 35 heavy (non-hydrogen) atoms. The maximum Gasteiger partial charge on any atom is 0.248 e. The molecule has 4 rings (SSSR count). The van der Waals surface area contributed by atoms with Crippen molar-refractivity contribution in [3.8, 4) is 0 Å². The van der Waals surface area contributed by atoms with E-state index in [9.17, 15) is 18.2 Å². The van der Waals surface area contributed by atoms with Gasteiger partial charge < -0.3 is 5.32 Å². The molecule has 8 heteroatoms. The zero-order valence-electron chi connectivity index (χ0n) is 20.6. The van der Waals surface area contributed by atoms with Crippen molar-refractivity contribution in [1.29, 1.82) is 0 Å². The van der Waals surface area contributed by atoms with Gasteiger partial charge in [0.2, 0.25) is 12.3 Å². The van der Waals surface area contributed by atoms with E-state index in [1.807, 2.05) is 35.5 Å². The summed E-state index contributed by atoms with van der Waals surface area (Å²) >= 11 is 0. The maximum absolute atomic E-state index is 13.7. The van der Waals surface area contributed by atoms with Crippen LogP contribution in [0.2, 0.25) is 0 Å². The Morgan fingerprint density at radius 1 is 1.09 bits per heavy atom. The number of rotatable bonds is 7. The molecule has 1 N–H and O–H groups in total. The molecule has 2 aliphatic rings. The van der Waals surface area contributed by atoms with Gasteiger partial charge in [-0.1, -0.05) is 49.6 Å². The van der Waals surface area contributed by atoms with E-state index in [0.717, 1.165) is 49.9 Å². The highest BCUT2D eigenvalue weighted by molar-refractivity contribution is 7.81. The van der Waals surface area contributed by atoms with E-state index in [1.54, 1.807) is 12.3 Å². The van der Waals surface area contributed by atoms with E-state index < -0.39 is 22.8 Å². The average Bonchev–Trinajstić information content (AvgIpc) is 3.40. The van der Waals surface area contributed by atoms with Crippen molar-refractivity contribution in [1.82, 2.24) is 9.62 Å². The van der Waals surface area contributed by atoms with Gasteiger partial charge in [0, 0.05) is 31.1 Å². The predicted molar refractivity (Wildman–Crippen MR) is 139 cm³/mol. The molecule has 2 amide bonds. The predicted octanol–water partition coefficient (Wildman–Crippen LogP) is 4.66. The van der Waals surface area contributed by atoms with Crippen LogP contribution in [0.15, 0.2) is 48.5 Å². The molecule has 2 aromatic carbocycles. The number of carbonyl (C=O) groups is 2. The maximum atomic E-state index is 13.7. The first-order chi connectivity index (χ1) is 16.9. The van der Waals surface area contributed by atoms with Crippen molar-refractivity contribution in [3.05, 3.63) is 65.5 Å². The second-order valence-electron chi connectivity index (χ2n) is 9.16. The van der Waals surface area contributed by atoms with Crippen molar-refractivity contribution >= 4 is 29.0 Å². The molecule has 1 saturated carbocycles. The fourth-order valence-electron chi connectivity index (χ4n) is 4.69. The molecule has 0 aromatic heterocycles. The number of hydrogen-bond acceptors (Lipinski definition) is 3. The van der Waals surface area contributed by atoms with Gasteiger partial charge >= 0.3 is 0 Å². The Bertz CT molecular complexity index is 1010. The number of nitrogens with zero attached hydrogens (tertiary/aromatic N) is 2.